The highest BCUT2D eigenvalue weighted by atomic mass is 16.5. The second-order valence-corrected chi connectivity index (χ2v) is 4.68. The van der Waals surface area contributed by atoms with Crippen LogP contribution in [0.1, 0.15) is 23.0 Å². The van der Waals surface area contributed by atoms with Crippen molar-refractivity contribution in [2.75, 3.05) is 24.2 Å². The fraction of sp³-hybridized carbons (Fsp3) is 0.333. The van der Waals surface area contributed by atoms with Crippen molar-refractivity contribution in [3.63, 3.8) is 0 Å². The van der Waals surface area contributed by atoms with Crippen LogP contribution in [0.3, 0.4) is 0 Å². The first-order valence-corrected chi connectivity index (χ1v) is 6.89. The van der Waals surface area contributed by atoms with Crippen molar-refractivity contribution < 1.29 is 9.53 Å². The van der Waals surface area contributed by atoms with Crippen molar-refractivity contribution in [3.8, 4) is 0 Å². The minimum atomic E-state index is -0.400. The molecule has 21 heavy (non-hydrogen) atoms. The van der Waals surface area contributed by atoms with E-state index in [-0.39, 0.29) is 0 Å². The number of esters is 1. The molecule has 0 spiro atoms. The number of carbonyl (C=O) groups excluding carboxylic acids is 1. The Labute approximate surface area is 123 Å². The van der Waals surface area contributed by atoms with Crippen LogP contribution in [-0.4, -0.2) is 28.9 Å². The van der Waals surface area contributed by atoms with Crippen LogP contribution in [0.5, 0.6) is 0 Å². The van der Waals surface area contributed by atoms with Crippen molar-refractivity contribution >= 4 is 17.3 Å². The standard InChI is InChI=1S/C15H20N4O2/c1-3-21-15(20)13-10-12(4-5-14(13)16)17-8-6-11-7-9-19(2)18-11/h4-5,7,9-10,17H,3,6,8,16H2,1-2H3. The molecule has 1 heterocycles. The molecule has 2 aromatic rings. The van der Waals surface area contributed by atoms with Gasteiger partial charge in [-0.3, -0.25) is 4.68 Å². The van der Waals surface area contributed by atoms with E-state index in [0.717, 1.165) is 24.3 Å². The van der Waals surface area contributed by atoms with E-state index in [1.54, 1.807) is 23.7 Å². The van der Waals surface area contributed by atoms with Crippen LogP contribution in [0, 0.1) is 0 Å². The molecule has 0 radical (unpaired) electrons. The minimum Gasteiger partial charge on any atom is -0.462 e. The number of carbonyl (C=O) groups is 1. The predicted molar refractivity (Wildman–Crippen MR) is 82.2 cm³/mol. The van der Waals surface area contributed by atoms with E-state index < -0.39 is 5.97 Å². The summed E-state index contributed by atoms with van der Waals surface area (Å²) in [6.45, 7) is 2.82. The normalized spacial score (nSPS) is 10.4. The van der Waals surface area contributed by atoms with Crippen molar-refractivity contribution in [3.05, 3.63) is 41.7 Å². The molecule has 0 atom stereocenters. The quantitative estimate of drug-likeness (QED) is 0.626. The number of nitrogen functional groups attached to an aromatic ring is 1. The molecule has 6 nitrogen and oxygen atoms in total. The van der Waals surface area contributed by atoms with Gasteiger partial charge in [0.15, 0.2) is 0 Å². The maximum atomic E-state index is 11.8. The third kappa shape index (κ3) is 3.98. The van der Waals surface area contributed by atoms with Gasteiger partial charge in [0.2, 0.25) is 0 Å². The molecule has 112 valence electrons. The SMILES string of the molecule is CCOC(=O)c1cc(NCCc2ccn(C)n2)ccc1N. The monoisotopic (exact) mass is 288 g/mol. The summed E-state index contributed by atoms with van der Waals surface area (Å²) in [7, 11) is 1.89. The molecule has 0 fully saturated rings. The molecule has 2 rings (SSSR count). The predicted octanol–water partition coefficient (Wildman–Crippen LogP) is 1.83. The number of aromatic nitrogens is 2. The van der Waals surface area contributed by atoms with Crippen LogP contribution >= 0.6 is 0 Å². The number of nitrogens with two attached hydrogens (primary N) is 1. The number of nitrogens with one attached hydrogen (secondary N) is 1. The summed E-state index contributed by atoms with van der Waals surface area (Å²) in [6, 6.07) is 7.24. The first-order chi connectivity index (χ1) is 10.1. The minimum absolute atomic E-state index is 0.329. The molecular weight excluding hydrogens is 268 g/mol. The fourth-order valence-corrected chi connectivity index (χ4v) is 1.98. The number of rotatable bonds is 6. The van der Waals surface area contributed by atoms with E-state index in [1.807, 2.05) is 25.4 Å². The summed E-state index contributed by atoms with van der Waals surface area (Å²) in [5.74, 6) is -0.400. The van der Waals surface area contributed by atoms with Gasteiger partial charge in [-0.25, -0.2) is 4.79 Å². The van der Waals surface area contributed by atoms with E-state index in [1.165, 1.54) is 0 Å². The highest BCUT2D eigenvalue weighted by Crippen LogP contribution is 2.19. The number of aryl methyl sites for hydroxylation is 1. The van der Waals surface area contributed by atoms with Crippen molar-refractivity contribution in [1.82, 2.24) is 9.78 Å². The lowest BCUT2D eigenvalue weighted by molar-refractivity contribution is 0.0527. The van der Waals surface area contributed by atoms with Crippen molar-refractivity contribution in [1.29, 1.82) is 0 Å². The van der Waals surface area contributed by atoms with E-state index >= 15 is 0 Å². The summed E-state index contributed by atoms with van der Waals surface area (Å²) in [5, 5.41) is 7.56. The molecule has 0 amide bonds. The van der Waals surface area contributed by atoms with E-state index in [0.29, 0.717) is 17.9 Å². The lowest BCUT2D eigenvalue weighted by atomic mass is 10.1. The number of ether oxygens (including phenoxy) is 1. The number of anilines is 2. The third-order valence-corrected chi connectivity index (χ3v) is 3.03. The van der Waals surface area contributed by atoms with Crippen LogP contribution in [-0.2, 0) is 18.2 Å². The van der Waals surface area contributed by atoms with Crippen LogP contribution in [0.15, 0.2) is 30.5 Å². The Bertz CT molecular complexity index is 622. The Morgan fingerprint density at radius 1 is 1.43 bits per heavy atom. The lowest BCUT2D eigenvalue weighted by Gasteiger charge is -2.09. The van der Waals surface area contributed by atoms with Gasteiger partial charge < -0.3 is 15.8 Å². The highest BCUT2D eigenvalue weighted by molar-refractivity contribution is 5.96. The lowest BCUT2D eigenvalue weighted by Crippen LogP contribution is -2.10. The average molecular weight is 288 g/mol. The third-order valence-electron chi connectivity index (χ3n) is 3.03. The molecule has 3 N–H and O–H groups in total. The summed E-state index contributed by atoms with van der Waals surface area (Å²) >= 11 is 0. The Kier molecular flexibility index (Phi) is 4.81. The van der Waals surface area contributed by atoms with Crippen LogP contribution in [0.25, 0.3) is 0 Å². The summed E-state index contributed by atoms with van der Waals surface area (Å²) in [6.07, 6.45) is 2.72. The van der Waals surface area contributed by atoms with Gasteiger partial charge in [0.05, 0.1) is 17.9 Å². The first kappa shape index (κ1) is 14.9. The van der Waals surface area contributed by atoms with E-state index in [2.05, 4.69) is 10.4 Å². The first-order valence-electron chi connectivity index (χ1n) is 6.89. The van der Waals surface area contributed by atoms with Gasteiger partial charge in [-0.2, -0.15) is 5.10 Å². The molecule has 1 aromatic carbocycles. The highest BCUT2D eigenvalue weighted by Gasteiger charge is 2.11. The zero-order valence-electron chi connectivity index (χ0n) is 12.3. The van der Waals surface area contributed by atoms with Crippen LogP contribution in [0.2, 0.25) is 0 Å². The van der Waals surface area contributed by atoms with Crippen molar-refractivity contribution in [2.24, 2.45) is 7.05 Å². The zero-order valence-corrected chi connectivity index (χ0v) is 12.3. The number of hydrogen-bond donors (Lipinski definition) is 2. The molecule has 0 aliphatic heterocycles. The Morgan fingerprint density at radius 2 is 2.24 bits per heavy atom. The largest absolute Gasteiger partial charge is 0.462 e. The molecule has 0 aliphatic carbocycles. The van der Waals surface area contributed by atoms with Gasteiger partial charge in [0.25, 0.3) is 0 Å². The molecule has 1 aromatic heterocycles. The Hall–Kier alpha value is -2.50. The second kappa shape index (κ2) is 6.78. The maximum Gasteiger partial charge on any atom is 0.340 e. The summed E-state index contributed by atoms with van der Waals surface area (Å²) in [5.41, 5.74) is 8.47. The van der Waals surface area contributed by atoms with Gasteiger partial charge in [-0.1, -0.05) is 0 Å². The van der Waals surface area contributed by atoms with Gasteiger partial charge in [0, 0.05) is 37.6 Å². The average Bonchev–Trinajstić information content (AvgIpc) is 2.86. The van der Waals surface area contributed by atoms with Crippen LogP contribution in [0.4, 0.5) is 11.4 Å². The van der Waals surface area contributed by atoms with Gasteiger partial charge in [0.1, 0.15) is 0 Å². The summed E-state index contributed by atoms with van der Waals surface area (Å²) in [4.78, 5) is 11.8. The van der Waals surface area contributed by atoms with Gasteiger partial charge >= 0.3 is 5.97 Å². The molecule has 0 saturated carbocycles. The van der Waals surface area contributed by atoms with E-state index in [9.17, 15) is 4.79 Å². The summed E-state index contributed by atoms with van der Waals surface area (Å²) < 4.78 is 6.76. The number of benzene rings is 1. The Morgan fingerprint density at radius 3 is 2.90 bits per heavy atom. The van der Waals surface area contributed by atoms with Crippen molar-refractivity contribution in [2.45, 2.75) is 13.3 Å². The Balaban J connectivity index is 1.97. The van der Waals surface area contributed by atoms with E-state index in [4.69, 9.17) is 10.5 Å². The molecule has 6 heteroatoms. The maximum absolute atomic E-state index is 11.8. The number of nitrogens with zero attached hydrogens (tertiary/aromatic N) is 2. The van der Waals surface area contributed by atoms with Crippen LogP contribution < -0.4 is 11.1 Å². The molecular formula is C15H20N4O2. The molecule has 0 aliphatic rings. The smallest absolute Gasteiger partial charge is 0.340 e. The number of hydrogen-bond acceptors (Lipinski definition) is 5. The zero-order chi connectivity index (χ0) is 15.2. The molecule has 0 saturated heterocycles. The molecule has 0 bridgehead atoms. The second-order valence-electron chi connectivity index (χ2n) is 4.68. The van der Waals surface area contributed by atoms with Gasteiger partial charge in [-0.05, 0) is 31.2 Å². The fourth-order valence-electron chi connectivity index (χ4n) is 1.98. The molecule has 0 unspecified atom stereocenters. The topological polar surface area (TPSA) is 82.2 Å². The van der Waals surface area contributed by atoms with Gasteiger partial charge in [-0.15, -0.1) is 0 Å².